The zero-order valence-corrected chi connectivity index (χ0v) is 16.8. The van der Waals surface area contributed by atoms with Gasteiger partial charge < -0.3 is 19.5 Å². The normalized spacial score (nSPS) is 11.0. The van der Waals surface area contributed by atoms with Gasteiger partial charge in [0, 0.05) is 11.3 Å². The Morgan fingerprint density at radius 2 is 1.68 bits per heavy atom. The summed E-state index contributed by atoms with van der Waals surface area (Å²) in [5.74, 6) is 0.798. The predicted octanol–water partition coefficient (Wildman–Crippen LogP) is 2.16. The smallest absolute Gasteiger partial charge is 0.239 e. The number of hydrogen-bond donors (Lipinski definition) is 2. The van der Waals surface area contributed by atoms with Crippen LogP contribution in [0.25, 0.3) is 0 Å². The molecule has 2 rings (SSSR count). The van der Waals surface area contributed by atoms with Crippen molar-refractivity contribution in [3.8, 4) is 17.2 Å². The van der Waals surface area contributed by atoms with E-state index in [1.165, 1.54) is 14.2 Å². The molecule has 8 nitrogen and oxygen atoms in total. The van der Waals surface area contributed by atoms with Gasteiger partial charge >= 0.3 is 0 Å². The minimum atomic E-state index is -3.76. The van der Waals surface area contributed by atoms with Crippen LogP contribution in [0.3, 0.4) is 0 Å². The predicted molar refractivity (Wildman–Crippen MR) is 106 cm³/mol. The molecule has 9 heteroatoms. The third-order valence-corrected chi connectivity index (χ3v) is 5.01. The fraction of sp³-hybridized carbons (Fsp3) is 0.316. The van der Waals surface area contributed by atoms with Crippen molar-refractivity contribution in [1.29, 1.82) is 0 Å². The molecule has 0 unspecified atom stereocenters. The maximum Gasteiger partial charge on any atom is 0.239 e. The molecule has 0 atom stereocenters. The van der Waals surface area contributed by atoms with E-state index in [-0.39, 0.29) is 12.3 Å². The molecule has 152 valence electrons. The van der Waals surface area contributed by atoms with Crippen LogP contribution in [-0.2, 0) is 20.6 Å². The number of nitrogens with one attached hydrogen (secondary N) is 2. The van der Waals surface area contributed by atoms with Crippen LogP contribution in [0.15, 0.2) is 42.5 Å². The molecule has 0 aliphatic heterocycles. The average molecular weight is 408 g/mol. The molecule has 0 radical (unpaired) electrons. The van der Waals surface area contributed by atoms with Crippen LogP contribution in [0.2, 0.25) is 0 Å². The molecule has 2 N–H and O–H groups in total. The molecule has 28 heavy (non-hydrogen) atoms. The number of anilines is 1. The second-order valence-electron chi connectivity index (χ2n) is 5.76. The highest BCUT2D eigenvalue weighted by Gasteiger charge is 2.17. The lowest BCUT2D eigenvalue weighted by molar-refractivity contribution is -0.115. The van der Waals surface area contributed by atoms with Crippen molar-refractivity contribution in [1.82, 2.24) is 4.72 Å². The van der Waals surface area contributed by atoms with Gasteiger partial charge in [0.2, 0.25) is 15.9 Å². The molecule has 0 aliphatic rings. The number of carbonyl (C=O) groups is 1. The lowest BCUT2D eigenvalue weighted by atomic mass is 10.2. The first-order valence-electron chi connectivity index (χ1n) is 8.57. The van der Waals surface area contributed by atoms with Crippen LogP contribution in [0, 0.1) is 0 Å². The Labute approximate surface area is 164 Å². The van der Waals surface area contributed by atoms with Gasteiger partial charge in [-0.2, -0.15) is 0 Å². The minimum Gasteiger partial charge on any atom is -0.497 e. The maximum absolute atomic E-state index is 12.3. The molecule has 0 saturated heterocycles. The number of ether oxygens (including phenoxy) is 3. The summed E-state index contributed by atoms with van der Waals surface area (Å²) in [5.41, 5.74) is 0.975. The summed E-state index contributed by atoms with van der Waals surface area (Å²) < 4.78 is 42.6. The highest BCUT2D eigenvalue weighted by Crippen LogP contribution is 2.25. The van der Waals surface area contributed by atoms with Crippen molar-refractivity contribution >= 4 is 21.6 Å². The number of carbonyl (C=O) groups excluding carboxylic acids is 1. The van der Waals surface area contributed by atoms with Crippen LogP contribution in [0.4, 0.5) is 5.69 Å². The largest absolute Gasteiger partial charge is 0.497 e. The summed E-state index contributed by atoms with van der Waals surface area (Å²) >= 11 is 0. The summed E-state index contributed by atoms with van der Waals surface area (Å²) in [4.78, 5) is 12.0. The van der Waals surface area contributed by atoms with Crippen molar-refractivity contribution in [2.75, 3.05) is 32.7 Å². The van der Waals surface area contributed by atoms with Gasteiger partial charge in [-0.3, -0.25) is 4.79 Å². The number of hydrogen-bond acceptors (Lipinski definition) is 6. The van der Waals surface area contributed by atoms with E-state index in [1.807, 2.05) is 6.92 Å². The van der Waals surface area contributed by atoms with Gasteiger partial charge in [-0.25, -0.2) is 13.1 Å². The standard InChI is InChI=1S/C19H24N2O6S/c1-4-27-16-7-5-15(6-8-16)21-19(22)12-20-28(23,24)13-14-11-17(25-2)9-10-18(14)26-3/h5-11,20H,4,12-13H2,1-3H3,(H,21,22). The third kappa shape index (κ3) is 6.43. The van der Waals surface area contributed by atoms with Crippen LogP contribution in [0.1, 0.15) is 12.5 Å². The molecule has 0 spiro atoms. The van der Waals surface area contributed by atoms with Gasteiger partial charge in [-0.1, -0.05) is 0 Å². The highest BCUT2D eigenvalue weighted by atomic mass is 32.2. The van der Waals surface area contributed by atoms with E-state index in [0.717, 1.165) is 0 Å². The Morgan fingerprint density at radius 3 is 2.29 bits per heavy atom. The van der Waals surface area contributed by atoms with E-state index in [1.54, 1.807) is 42.5 Å². The van der Waals surface area contributed by atoms with Gasteiger partial charge in [-0.15, -0.1) is 0 Å². The average Bonchev–Trinajstić information content (AvgIpc) is 2.68. The molecular formula is C19H24N2O6S. The van der Waals surface area contributed by atoms with Gasteiger partial charge in [0.15, 0.2) is 0 Å². The second-order valence-corrected chi connectivity index (χ2v) is 7.57. The molecule has 0 aromatic heterocycles. The summed E-state index contributed by atoms with van der Waals surface area (Å²) in [5, 5.41) is 2.62. The summed E-state index contributed by atoms with van der Waals surface area (Å²) in [6.07, 6.45) is 0. The number of amides is 1. The molecule has 0 saturated carbocycles. The van der Waals surface area contributed by atoms with Gasteiger partial charge in [0.1, 0.15) is 17.2 Å². The fourth-order valence-corrected chi connectivity index (χ4v) is 3.52. The minimum absolute atomic E-state index is 0.344. The molecule has 1 amide bonds. The van der Waals surface area contributed by atoms with Crippen molar-refractivity contribution in [3.05, 3.63) is 48.0 Å². The van der Waals surface area contributed by atoms with Crippen molar-refractivity contribution in [3.63, 3.8) is 0 Å². The summed E-state index contributed by atoms with van der Waals surface area (Å²) in [6.45, 7) is 2.04. The van der Waals surface area contributed by atoms with E-state index in [2.05, 4.69) is 10.0 Å². The van der Waals surface area contributed by atoms with E-state index < -0.39 is 15.9 Å². The van der Waals surface area contributed by atoms with Crippen LogP contribution >= 0.6 is 0 Å². The molecule has 0 heterocycles. The van der Waals surface area contributed by atoms with E-state index in [4.69, 9.17) is 14.2 Å². The van der Waals surface area contributed by atoms with Crippen molar-refractivity contribution < 1.29 is 27.4 Å². The first-order chi connectivity index (χ1) is 13.4. The Hall–Kier alpha value is -2.78. The number of methoxy groups -OCH3 is 2. The SMILES string of the molecule is CCOc1ccc(NC(=O)CNS(=O)(=O)Cc2cc(OC)ccc2OC)cc1. The number of rotatable bonds is 10. The topological polar surface area (TPSA) is 103 Å². The third-order valence-electron chi connectivity index (χ3n) is 3.73. The number of benzene rings is 2. The molecule has 0 fully saturated rings. The lowest BCUT2D eigenvalue weighted by Crippen LogP contribution is -2.33. The maximum atomic E-state index is 12.3. The molecular weight excluding hydrogens is 384 g/mol. The Bertz CT molecular complexity index is 897. The van der Waals surface area contributed by atoms with Crippen molar-refractivity contribution in [2.24, 2.45) is 0 Å². The number of sulfonamides is 1. The quantitative estimate of drug-likeness (QED) is 0.625. The molecule has 0 aliphatic carbocycles. The molecule has 0 bridgehead atoms. The Kier molecular flexibility index (Phi) is 7.65. The molecule has 2 aromatic rings. The van der Waals surface area contributed by atoms with Crippen LogP contribution in [0.5, 0.6) is 17.2 Å². The Morgan fingerprint density at radius 1 is 1.00 bits per heavy atom. The summed E-state index contributed by atoms with van der Waals surface area (Å²) in [7, 11) is -0.816. The first kappa shape index (κ1) is 21.5. The van der Waals surface area contributed by atoms with Gasteiger partial charge in [0.25, 0.3) is 0 Å². The van der Waals surface area contributed by atoms with E-state index >= 15 is 0 Å². The zero-order chi connectivity index (χ0) is 20.6. The van der Waals surface area contributed by atoms with Crippen LogP contribution < -0.4 is 24.2 Å². The summed E-state index contributed by atoms with van der Waals surface area (Å²) in [6, 6.07) is 11.7. The van der Waals surface area contributed by atoms with Gasteiger partial charge in [-0.05, 0) is 49.4 Å². The van der Waals surface area contributed by atoms with Crippen LogP contribution in [-0.4, -0.2) is 41.7 Å². The van der Waals surface area contributed by atoms with E-state index in [0.29, 0.717) is 35.1 Å². The zero-order valence-electron chi connectivity index (χ0n) is 16.0. The fourth-order valence-electron chi connectivity index (χ4n) is 2.43. The second kappa shape index (κ2) is 9.95. The van der Waals surface area contributed by atoms with E-state index in [9.17, 15) is 13.2 Å². The lowest BCUT2D eigenvalue weighted by Gasteiger charge is -2.12. The Balaban J connectivity index is 1.94. The first-order valence-corrected chi connectivity index (χ1v) is 10.2. The highest BCUT2D eigenvalue weighted by molar-refractivity contribution is 7.88. The van der Waals surface area contributed by atoms with Crippen molar-refractivity contribution in [2.45, 2.75) is 12.7 Å². The monoisotopic (exact) mass is 408 g/mol. The van der Waals surface area contributed by atoms with Gasteiger partial charge in [0.05, 0.1) is 33.1 Å². The molecule has 2 aromatic carbocycles.